The highest BCUT2D eigenvalue weighted by atomic mass is 35.5. The summed E-state index contributed by atoms with van der Waals surface area (Å²) in [7, 11) is 1.86. The number of carbonyl (C=O) groups is 1. The molecule has 1 aromatic rings. The van der Waals surface area contributed by atoms with Crippen LogP contribution in [-0.4, -0.2) is 31.2 Å². The molecule has 0 heterocycles. The number of phenols is 1. The van der Waals surface area contributed by atoms with E-state index in [4.69, 9.17) is 11.6 Å². The van der Waals surface area contributed by atoms with Crippen LogP contribution >= 0.6 is 11.6 Å². The largest absolute Gasteiger partial charge is 0.507 e. The van der Waals surface area contributed by atoms with Crippen LogP contribution in [0, 0.1) is 5.92 Å². The van der Waals surface area contributed by atoms with Crippen molar-refractivity contribution in [1.82, 2.24) is 10.6 Å². The summed E-state index contributed by atoms with van der Waals surface area (Å²) in [5.41, 5.74) is 0.203. The smallest absolute Gasteiger partial charge is 0.255 e. The van der Waals surface area contributed by atoms with Gasteiger partial charge in [-0.25, -0.2) is 0 Å². The molecule has 4 nitrogen and oxygen atoms in total. The van der Waals surface area contributed by atoms with Gasteiger partial charge in [-0.05, 0) is 37.7 Å². The Kier molecular flexibility index (Phi) is 5.25. The van der Waals surface area contributed by atoms with E-state index >= 15 is 0 Å². The highest BCUT2D eigenvalue weighted by Crippen LogP contribution is 2.21. The lowest BCUT2D eigenvalue weighted by molar-refractivity contribution is 0.0945. The van der Waals surface area contributed by atoms with Crippen molar-refractivity contribution in [3.63, 3.8) is 0 Å². The fraction of sp³-hybridized carbons (Fsp3) is 0.417. The predicted molar refractivity (Wildman–Crippen MR) is 68.5 cm³/mol. The first-order valence-electron chi connectivity index (χ1n) is 5.46. The monoisotopic (exact) mass is 256 g/mol. The summed E-state index contributed by atoms with van der Waals surface area (Å²) in [6.45, 7) is 3.39. The molecule has 1 amide bonds. The van der Waals surface area contributed by atoms with Crippen LogP contribution in [0.1, 0.15) is 17.3 Å². The van der Waals surface area contributed by atoms with Crippen LogP contribution in [0.5, 0.6) is 5.75 Å². The third-order valence-corrected chi connectivity index (χ3v) is 2.60. The lowest BCUT2D eigenvalue weighted by Gasteiger charge is -2.12. The minimum Gasteiger partial charge on any atom is -0.507 e. The second-order valence-corrected chi connectivity index (χ2v) is 4.47. The fourth-order valence-electron chi connectivity index (χ4n) is 1.47. The summed E-state index contributed by atoms with van der Waals surface area (Å²) in [6, 6.07) is 4.40. The average molecular weight is 257 g/mol. The van der Waals surface area contributed by atoms with Gasteiger partial charge in [0.15, 0.2) is 0 Å². The Morgan fingerprint density at radius 2 is 2.18 bits per heavy atom. The molecule has 0 spiro atoms. The van der Waals surface area contributed by atoms with Crippen LogP contribution in [-0.2, 0) is 0 Å². The topological polar surface area (TPSA) is 61.4 Å². The summed E-state index contributed by atoms with van der Waals surface area (Å²) in [5, 5.41) is 15.8. The number of rotatable bonds is 5. The number of hydrogen-bond donors (Lipinski definition) is 3. The minimum absolute atomic E-state index is 0.0619. The average Bonchev–Trinajstić information content (AvgIpc) is 2.29. The molecule has 0 aromatic heterocycles. The van der Waals surface area contributed by atoms with Gasteiger partial charge in [-0.2, -0.15) is 0 Å². The summed E-state index contributed by atoms with van der Waals surface area (Å²) in [6.07, 6.45) is 0. The zero-order valence-electron chi connectivity index (χ0n) is 9.96. The van der Waals surface area contributed by atoms with Gasteiger partial charge in [-0.1, -0.05) is 18.5 Å². The van der Waals surface area contributed by atoms with Gasteiger partial charge in [0.25, 0.3) is 5.91 Å². The molecule has 0 fully saturated rings. The molecule has 0 aliphatic rings. The molecule has 1 rings (SSSR count). The number of aromatic hydroxyl groups is 1. The van der Waals surface area contributed by atoms with Gasteiger partial charge >= 0.3 is 0 Å². The van der Waals surface area contributed by atoms with Crippen molar-refractivity contribution in [1.29, 1.82) is 0 Å². The van der Waals surface area contributed by atoms with Crippen molar-refractivity contribution in [3.05, 3.63) is 28.8 Å². The molecule has 1 aromatic carbocycles. The molecular formula is C12H17ClN2O2. The molecule has 17 heavy (non-hydrogen) atoms. The van der Waals surface area contributed by atoms with Crippen LogP contribution in [0.3, 0.4) is 0 Å². The van der Waals surface area contributed by atoms with Crippen molar-refractivity contribution in [2.24, 2.45) is 5.92 Å². The van der Waals surface area contributed by atoms with E-state index in [1.54, 1.807) is 0 Å². The van der Waals surface area contributed by atoms with Gasteiger partial charge in [-0.15, -0.1) is 0 Å². The molecular weight excluding hydrogens is 240 g/mol. The third kappa shape index (κ3) is 4.24. The predicted octanol–water partition coefficient (Wildman–Crippen LogP) is 1.63. The Morgan fingerprint density at radius 3 is 2.82 bits per heavy atom. The van der Waals surface area contributed by atoms with E-state index < -0.39 is 0 Å². The lowest BCUT2D eigenvalue weighted by atomic mass is 10.1. The van der Waals surface area contributed by atoms with E-state index in [1.807, 2.05) is 14.0 Å². The van der Waals surface area contributed by atoms with Gasteiger partial charge in [-0.3, -0.25) is 4.79 Å². The molecule has 0 bridgehead atoms. The summed E-state index contributed by atoms with van der Waals surface area (Å²) in [5.74, 6) is -0.0496. The maximum atomic E-state index is 11.8. The first-order chi connectivity index (χ1) is 8.04. The number of benzene rings is 1. The molecule has 0 radical (unpaired) electrons. The summed E-state index contributed by atoms with van der Waals surface area (Å²) in [4.78, 5) is 11.8. The normalized spacial score (nSPS) is 12.2. The quantitative estimate of drug-likeness (QED) is 0.751. The van der Waals surface area contributed by atoms with Crippen LogP contribution in [0.15, 0.2) is 18.2 Å². The number of carbonyl (C=O) groups excluding carboxylic acids is 1. The van der Waals surface area contributed by atoms with E-state index in [1.165, 1.54) is 18.2 Å². The molecule has 5 heteroatoms. The molecule has 3 N–H and O–H groups in total. The Morgan fingerprint density at radius 1 is 1.47 bits per heavy atom. The Balaban J connectivity index is 2.61. The maximum absolute atomic E-state index is 11.8. The first kappa shape index (κ1) is 13.8. The molecule has 1 atom stereocenters. The van der Waals surface area contributed by atoms with Crippen LogP contribution in [0.25, 0.3) is 0 Å². The SMILES string of the molecule is CNCC(C)CNC(=O)c1cc(Cl)ccc1O. The van der Waals surface area contributed by atoms with Crippen molar-refractivity contribution >= 4 is 17.5 Å². The third-order valence-electron chi connectivity index (χ3n) is 2.37. The van der Waals surface area contributed by atoms with Crippen molar-refractivity contribution in [2.45, 2.75) is 6.92 Å². The highest BCUT2D eigenvalue weighted by Gasteiger charge is 2.12. The Hall–Kier alpha value is -1.26. The zero-order chi connectivity index (χ0) is 12.8. The van der Waals surface area contributed by atoms with Gasteiger partial charge in [0, 0.05) is 11.6 Å². The maximum Gasteiger partial charge on any atom is 0.255 e. The van der Waals surface area contributed by atoms with Gasteiger partial charge in [0.1, 0.15) is 5.75 Å². The standard InChI is InChI=1S/C12H17ClN2O2/c1-8(6-14-2)7-15-12(17)10-5-9(13)3-4-11(10)16/h3-5,8,14,16H,6-7H2,1-2H3,(H,15,17). The molecule has 1 unspecified atom stereocenters. The van der Waals surface area contributed by atoms with Crippen molar-refractivity contribution in [2.75, 3.05) is 20.1 Å². The zero-order valence-corrected chi connectivity index (χ0v) is 10.7. The molecule has 94 valence electrons. The van der Waals surface area contributed by atoms with Gasteiger partial charge < -0.3 is 15.7 Å². The Bertz CT molecular complexity index is 396. The molecule has 0 aliphatic carbocycles. The number of halogens is 1. The van der Waals surface area contributed by atoms with E-state index in [-0.39, 0.29) is 17.2 Å². The number of nitrogens with one attached hydrogen (secondary N) is 2. The van der Waals surface area contributed by atoms with Crippen LogP contribution in [0.2, 0.25) is 5.02 Å². The number of phenolic OH excluding ortho intramolecular Hbond substituents is 1. The highest BCUT2D eigenvalue weighted by molar-refractivity contribution is 6.31. The molecule has 0 saturated heterocycles. The molecule has 0 saturated carbocycles. The number of amides is 1. The number of hydrogen-bond acceptors (Lipinski definition) is 3. The van der Waals surface area contributed by atoms with Gasteiger partial charge in [0.05, 0.1) is 5.56 Å². The van der Waals surface area contributed by atoms with Gasteiger partial charge in [0.2, 0.25) is 0 Å². The second kappa shape index (κ2) is 6.47. The van der Waals surface area contributed by atoms with Crippen LogP contribution < -0.4 is 10.6 Å². The second-order valence-electron chi connectivity index (χ2n) is 4.03. The fourth-order valence-corrected chi connectivity index (χ4v) is 1.65. The van der Waals surface area contributed by atoms with E-state index in [9.17, 15) is 9.90 Å². The van der Waals surface area contributed by atoms with E-state index in [2.05, 4.69) is 10.6 Å². The van der Waals surface area contributed by atoms with E-state index in [0.717, 1.165) is 6.54 Å². The van der Waals surface area contributed by atoms with Crippen LogP contribution in [0.4, 0.5) is 0 Å². The minimum atomic E-state index is -0.312. The van der Waals surface area contributed by atoms with Crippen molar-refractivity contribution < 1.29 is 9.90 Å². The summed E-state index contributed by atoms with van der Waals surface area (Å²) >= 11 is 5.77. The Labute approximate surface area is 106 Å². The lowest BCUT2D eigenvalue weighted by Crippen LogP contribution is -2.32. The van der Waals surface area contributed by atoms with Crippen molar-refractivity contribution in [3.8, 4) is 5.75 Å². The van der Waals surface area contributed by atoms with E-state index in [0.29, 0.717) is 17.5 Å². The summed E-state index contributed by atoms with van der Waals surface area (Å²) < 4.78 is 0. The first-order valence-corrected chi connectivity index (χ1v) is 5.83. The molecule has 0 aliphatic heterocycles.